The molecule has 0 aliphatic rings. The first kappa shape index (κ1) is 11.9. The number of unbranched alkanes of at least 4 members (excludes halogenated alkanes) is 1. The molecule has 0 fully saturated rings. The van der Waals surface area contributed by atoms with Gasteiger partial charge in [-0.25, -0.2) is 0 Å². The highest BCUT2D eigenvalue weighted by atomic mass is 16.3. The lowest BCUT2D eigenvalue weighted by molar-refractivity contribution is 0.277. The molecule has 0 atom stereocenters. The molecule has 0 radical (unpaired) electrons. The van der Waals surface area contributed by atoms with Gasteiger partial charge in [-0.05, 0) is 38.6 Å². The molecule has 0 aromatic carbocycles. The van der Waals surface area contributed by atoms with Gasteiger partial charge >= 0.3 is 0 Å². The summed E-state index contributed by atoms with van der Waals surface area (Å²) in [6, 6.07) is 3.79. The highest BCUT2D eigenvalue weighted by molar-refractivity contribution is 5.42. The Morgan fingerprint density at radius 3 is 2.87 bits per heavy atom. The van der Waals surface area contributed by atoms with E-state index in [9.17, 15) is 0 Å². The first-order valence-electron chi connectivity index (χ1n) is 5.31. The van der Waals surface area contributed by atoms with Crippen molar-refractivity contribution in [3.8, 4) is 0 Å². The minimum Gasteiger partial charge on any atom is -0.390 e. The van der Waals surface area contributed by atoms with Crippen molar-refractivity contribution in [2.24, 2.45) is 0 Å². The van der Waals surface area contributed by atoms with Crippen LogP contribution < -0.4 is 10.6 Å². The lowest BCUT2D eigenvalue weighted by atomic mass is 10.3. The molecule has 15 heavy (non-hydrogen) atoms. The van der Waals surface area contributed by atoms with E-state index in [1.54, 1.807) is 6.20 Å². The number of aliphatic hydroxyl groups is 1. The molecule has 1 aromatic rings. The largest absolute Gasteiger partial charge is 0.390 e. The lowest BCUT2D eigenvalue weighted by Crippen LogP contribution is -2.10. The summed E-state index contributed by atoms with van der Waals surface area (Å²) < 4.78 is 0. The smallest absolute Gasteiger partial charge is 0.0853 e. The molecule has 1 heterocycles. The Kier molecular flexibility index (Phi) is 5.73. The Morgan fingerprint density at radius 1 is 1.33 bits per heavy atom. The number of aromatic nitrogens is 1. The summed E-state index contributed by atoms with van der Waals surface area (Å²) in [6.07, 6.45) is 4.01. The average molecular weight is 209 g/mol. The van der Waals surface area contributed by atoms with Crippen LogP contribution in [-0.2, 0) is 6.61 Å². The highest BCUT2D eigenvalue weighted by Gasteiger charge is 1.95. The zero-order chi connectivity index (χ0) is 10.9. The van der Waals surface area contributed by atoms with Gasteiger partial charge in [-0.1, -0.05) is 0 Å². The molecule has 0 spiro atoms. The van der Waals surface area contributed by atoms with Crippen LogP contribution >= 0.6 is 0 Å². The van der Waals surface area contributed by atoms with Gasteiger partial charge in [0.2, 0.25) is 0 Å². The summed E-state index contributed by atoms with van der Waals surface area (Å²) in [5.74, 6) is 0. The third-order valence-corrected chi connectivity index (χ3v) is 2.16. The number of hydrogen-bond donors (Lipinski definition) is 3. The van der Waals surface area contributed by atoms with E-state index < -0.39 is 0 Å². The van der Waals surface area contributed by atoms with Crippen molar-refractivity contribution in [1.82, 2.24) is 10.3 Å². The van der Waals surface area contributed by atoms with Crippen LogP contribution in [0, 0.1) is 0 Å². The Labute approximate surface area is 90.7 Å². The second kappa shape index (κ2) is 7.20. The number of nitrogens with zero attached hydrogens (tertiary/aromatic N) is 1. The number of anilines is 1. The fourth-order valence-corrected chi connectivity index (χ4v) is 1.33. The summed E-state index contributed by atoms with van der Waals surface area (Å²) in [4.78, 5) is 4.02. The Bertz CT molecular complexity index is 278. The van der Waals surface area contributed by atoms with E-state index in [2.05, 4.69) is 15.6 Å². The number of nitrogens with one attached hydrogen (secondary N) is 2. The van der Waals surface area contributed by atoms with Crippen molar-refractivity contribution in [1.29, 1.82) is 0 Å². The predicted octanol–water partition coefficient (Wildman–Crippen LogP) is 0.985. The molecule has 1 aromatic heterocycles. The zero-order valence-corrected chi connectivity index (χ0v) is 9.16. The molecule has 0 saturated carbocycles. The molecule has 0 unspecified atom stereocenters. The lowest BCUT2D eigenvalue weighted by Gasteiger charge is -2.06. The molecular formula is C11H19N3O. The normalized spacial score (nSPS) is 10.3. The summed E-state index contributed by atoms with van der Waals surface area (Å²) in [7, 11) is 1.96. The number of rotatable bonds is 7. The van der Waals surface area contributed by atoms with Crippen LogP contribution in [0.1, 0.15) is 18.5 Å². The van der Waals surface area contributed by atoms with Crippen LogP contribution in [0.25, 0.3) is 0 Å². The van der Waals surface area contributed by atoms with E-state index in [1.807, 2.05) is 19.2 Å². The van der Waals surface area contributed by atoms with Crippen LogP contribution in [0.5, 0.6) is 0 Å². The van der Waals surface area contributed by atoms with E-state index >= 15 is 0 Å². The second-order valence-corrected chi connectivity index (χ2v) is 3.43. The van der Waals surface area contributed by atoms with Gasteiger partial charge in [0, 0.05) is 18.4 Å². The summed E-state index contributed by atoms with van der Waals surface area (Å²) in [5, 5.41) is 15.3. The molecule has 0 bridgehead atoms. The molecule has 4 heteroatoms. The van der Waals surface area contributed by atoms with Gasteiger partial charge in [-0.3, -0.25) is 4.98 Å². The van der Waals surface area contributed by atoms with Crippen molar-refractivity contribution < 1.29 is 5.11 Å². The third-order valence-electron chi connectivity index (χ3n) is 2.16. The second-order valence-electron chi connectivity index (χ2n) is 3.43. The standard InChI is InChI=1S/C11H19N3O/c1-12-5-2-3-6-13-10-4-7-14-11(8-10)9-15/h4,7-8,12,15H,2-3,5-6,9H2,1H3,(H,13,14). The van der Waals surface area contributed by atoms with Crippen LogP contribution in [-0.4, -0.2) is 30.2 Å². The van der Waals surface area contributed by atoms with Crippen molar-refractivity contribution in [2.45, 2.75) is 19.4 Å². The first-order valence-corrected chi connectivity index (χ1v) is 5.31. The average Bonchev–Trinajstić information content (AvgIpc) is 2.29. The molecule has 4 nitrogen and oxygen atoms in total. The number of hydrogen-bond acceptors (Lipinski definition) is 4. The van der Waals surface area contributed by atoms with E-state index in [4.69, 9.17) is 5.11 Å². The molecule has 0 saturated heterocycles. The highest BCUT2D eigenvalue weighted by Crippen LogP contribution is 2.07. The third kappa shape index (κ3) is 4.76. The van der Waals surface area contributed by atoms with E-state index in [-0.39, 0.29) is 6.61 Å². The van der Waals surface area contributed by atoms with Crippen LogP contribution in [0.2, 0.25) is 0 Å². The Morgan fingerprint density at radius 2 is 2.13 bits per heavy atom. The molecule has 1 rings (SSSR count). The van der Waals surface area contributed by atoms with Gasteiger partial charge in [-0.15, -0.1) is 0 Å². The zero-order valence-electron chi connectivity index (χ0n) is 9.16. The quantitative estimate of drug-likeness (QED) is 0.586. The maximum atomic E-state index is 8.91. The minimum atomic E-state index is -0.00469. The maximum absolute atomic E-state index is 8.91. The van der Waals surface area contributed by atoms with Gasteiger partial charge in [0.15, 0.2) is 0 Å². The van der Waals surface area contributed by atoms with Crippen LogP contribution in [0.4, 0.5) is 5.69 Å². The topological polar surface area (TPSA) is 57.2 Å². The van der Waals surface area contributed by atoms with Gasteiger partial charge < -0.3 is 15.7 Å². The SMILES string of the molecule is CNCCCCNc1ccnc(CO)c1. The maximum Gasteiger partial charge on any atom is 0.0853 e. The van der Waals surface area contributed by atoms with Crippen molar-refractivity contribution in [3.05, 3.63) is 24.0 Å². The van der Waals surface area contributed by atoms with Gasteiger partial charge in [-0.2, -0.15) is 0 Å². The Balaban J connectivity index is 2.24. The Hall–Kier alpha value is -1.13. The molecule has 84 valence electrons. The predicted molar refractivity (Wildman–Crippen MR) is 61.8 cm³/mol. The van der Waals surface area contributed by atoms with Crippen LogP contribution in [0.3, 0.4) is 0 Å². The number of aliphatic hydroxyl groups excluding tert-OH is 1. The van der Waals surface area contributed by atoms with Gasteiger partial charge in [0.1, 0.15) is 0 Å². The minimum absolute atomic E-state index is 0.00469. The van der Waals surface area contributed by atoms with Crippen molar-refractivity contribution >= 4 is 5.69 Å². The van der Waals surface area contributed by atoms with Gasteiger partial charge in [0.25, 0.3) is 0 Å². The molecule has 0 aliphatic carbocycles. The fraction of sp³-hybridized carbons (Fsp3) is 0.545. The molecule has 0 aliphatic heterocycles. The molecular weight excluding hydrogens is 190 g/mol. The van der Waals surface area contributed by atoms with E-state index in [1.165, 1.54) is 6.42 Å². The monoisotopic (exact) mass is 209 g/mol. The van der Waals surface area contributed by atoms with Crippen molar-refractivity contribution in [2.75, 3.05) is 25.5 Å². The molecule has 0 amide bonds. The fourth-order valence-electron chi connectivity index (χ4n) is 1.33. The number of pyridine rings is 1. The first-order chi connectivity index (χ1) is 7.36. The summed E-state index contributed by atoms with van der Waals surface area (Å²) in [5.41, 5.74) is 1.73. The summed E-state index contributed by atoms with van der Waals surface area (Å²) in [6.45, 7) is 2.01. The molecule has 3 N–H and O–H groups in total. The van der Waals surface area contributed by atoms with Crippen LogP contribution in [0.15, 0.2) is 18.3 Å². The van der Waals surface area contributed by atoms with Crippen molar-refractivity contribution in [3.63, 3.8) is 0 Å². The van der Waals surface area contributed by atoms with E-state index in [0.29, 0.717) is 5.69 Å². The summed E-state index contributed by atoms with van der Waals surface area (Å²) >= 11 is 0. The van der Waals surface area contributed by atoms with Gasteiger partial charge in [0.05, 0.1) is 12.3 Å². The van der Waals surface area contributed by atoms with E-state index in [0.717, 1.165) is 25.2 Å².